The molecule has 0 bridgehead atoms. The van der Waals surface area contributed by atoms with E-state index in [0.29, 0.717) is 13.0 Å². The molecule has 0 radical (unpaired) electrons. The van der Waals surface area contributed by atoms with Crippen molar-refractivity contribution >= 4 is 11.8 Å². The van der Waals surface area contributed by atoms with E-state index in [0.717, 1.165) is 12.8 Å². The molecule has 5 heteroatoms. The summed E-state index contributed by atoms with van der Waals surface area (Å²) < 4.78 is 0. The lowest BCUT2D eigenvalue weighted by molar-refractivity contribution is -0.130. The minimum Gasteiger partial charge on any atom is -0.368 e. The molecule has 0 heterocycles. The fourth-order valence-corrected chi connectivity index (χ4v) is 2.43. The lowest BCUT2D eigenvalue weighted by Gasteiger charge is -2.31. The lowest BCUT2D eigenvalue weighted by atomic mass is 9.87. The highest BCUT2D eigenvalue weighted by molar-refractivity contribution is 5.95. The molecular weight excluding hydrogens is 230 g/mol. The van der Waals surface area contributed by atoms with Crippen molar-refractivity contribution in [3.8, 4) is 0 Å². The second-order valence-electron chi connectivity index (χ2n) is 5.28. The molecule has 102 valence electrons. The Bertz CT molecular complexity index is 352. The number of primary amides is 1. The Morgan fingerprint density at radius 1 is 1.50 bits per heavy atom. The van der Waals surface area contributed by atoms with Crippen molar-refractivity contribution in [1.29, 1.82) is 0 Å². The number of likely N-dealkylation sites (N-methyl/N-ethyl adjacent to an activating group) is 1. The zero-order valence-electron chi connectivity index (χ0n) is 11.4. The molecule has 0 spiro atoms. The zero-order chi connectivity index (χ0) is 13.8. The van der Waals surface area contributed by atoms with E-state index < -0.39 is 11.4 Å². The van der Waals surface area contributed by atoms with Crippen molar-refractivity contribution in [3.63, 3.8) is 0 Å². The predicted octanol–water partition coefficient (Wildman–Crippen LogP) is 0.265. The number of rotatable bonds is 5. The number of carbonyl (C=O) groups excluding carboxylic acids is 2. The van der Waals surface area contributed by atoms with E-state index in [4.69, 9.17) is 5.73 Å². The molecule has 2 unspecified atom stereocenters. The summed E-state index contributed by atoms with van der Waals surface area (Å²) in [5, 5.41) is 2.80. The predicted molar refractivity (Wildman–Crippen MR) is 70.8 cm³/mol. The normalized spacial score (nSPS) is 27.9. The van der Waals surface area contributed by atoms with Crippen LogP contribution in [0.5, 0.6) is 0 Å². The van der Waals surface area contributed by atoms with E-state index in [1.54, 1.807) is 6.08 Å². The maximum atomic E-state index is 11.8. The topological polar surface area (TPSA) is 75.4 Å². The van der Waals surface area contributed by atoms with E-state index >= 15 is 0 Å². The van der Waals surface area contributed by atoms with E-state index in [2.05, 4.69) is 5.32 Å². The van der Waals surface area contributed by atoms with Gasteiger partial charge in [-0.15, -0.1) is 0 Å². The van der Waals surface area contributed by atoms with Crippen molar-refractivity contribution in [2.24, 2.45) is 11.7 Å². The molecule has 0 aliphatic heterocycles. The van der Waals surface area contributed by atoms with E-state index in [1.165, 1.54) is 6.08 Å². The molecular formula is C13H23N3O2. The van der Waals surface area contributed by atoms with Gasteiger partial charge in [0.1, 0.15) is 5.54 Å². The largest absolute Gasteiger partial charge is 0.368 e. The lowest BCUT2D eigenvalue weighted by Crippen LogP contribution is -2.58. The second-order valence-corrected chi connectivity index (χ2v) is 5.28. The van der Waals surface area contributed by atoms with Crippen LogP contribution in [0.15, 0.2) is 12.2 Å². The number of nitrogens with two attached hydrogens (primary N) is 1. The number of nitrogens with one attached hydrogen (secondary N) is 1. The average Bonchev–Trinajstić information content (AvgIpc) is 2.60. The average molecular weight is 253 g/mol. The summed E-state index contributed by atoms with van der Waals surface area (Å²) in [5.74, 6) is -0.576. The molecule has 0 aromatic carbocycles. The van der Waals surface area contributed by atoms with Gasteiger partial charge in [0.15, 0.2) is 0 Å². The van der Waals surface area contributed by atoms with Crippen LogP contribution >= 0.6 is 0 Å². The first-order valence-corrected chi connectivity index (χ1v) is 6.32. The van der Waals surface area contributed by atoms with E-state index in [9.17, 15) is 9.59 Å². The van der Waals surface area contributed by atoms with Crippen LogP contribution in [0.25, 0.3) is 0 Å². The van der Waals surface area contributed by atoms with Crippen LogP contribution in [-0.4, -0.2) is 42.9 Å². The third kappa shape index (κ3) is 3.32. The van der Waals surface area contributed by atoms with Crippen molar-refractivity contribution < 1.29 is 9.59 Å². The van der Waals surface area contributed by atoms with Gasteiger partial charge in [0.25, 0.3) is 0 Å². The quantitative estimate of drug-likeness (QED) is 0.690. The molecule has 1 aliphatic carbocycles. The molecule has 2 amide bonds. The molecule has 0 saturated heterocycles. The summed E-state index contributed by atoms with van der Waals surface area (Å²) in [4.78, 5) is 25.4. The van der Waals surface area contributed by atoms with Gasteiger partial charge in [-0.1, -0.05) is 19.4 Å². The monoisotopic (exact) mass is 253 g/mol. The van der Waals surface area contributed by atoms with Gasteiger partial charge in [-0.25, -0.2) is 0 Å². The smallest absolute Gasteiger partial charge is 0.244 e. The van der Waals surface area contributed by atoms with Gasteiger partial charge < -0.3 is 16.0 Å². The highest BCUT2D eigenvalue weighted by Gasteiger charge is 2.46. The molecule has 0 aromatic rings. The van der Waals surface area contributed by atoms with Crippen LogP contribution in [-0.2, 0) is 9.59 Å². The van der Waals surface area contributed by atoms with Crippen LogP contribution in [0, 0.1) is 5.92 Å². The Labute approximate surface area is 108 Å². The summed E-state index contributed by atoms with van der Waals surface area (Å²) in [5.41, 5.74) is 4.60. The first-order valence-electron chi connectivity index (χ1n) is 6.32. The standard InChI is InChI=1S/C13H23N3O2/c1-10-6-4-8-13(10,12(14)18)15-11(17)7-5-9-16(2)3/h5,7,10H,4,6,8-9H2,1-3H3,(H2,14,18)(H,15,17)/b7-5+. The summed E-state index contributed by atoms with van der Waals surface area (Å²) in [6.45, 7) is 2.65. The summed E-state index contributed by atoms with van der Waals surface area (Å²) in [6, 6.07) is 0. The summed E-state index contributed by atoms with van der Waals surface area (Å²) in [7, 11) is 3.85. The van der Waals surface area contributed by atoms with Crippen molar-refractivity contribution in [3.05, 3.63) is 12.2 Å². The van der Waals surface area contributed by atoms with Crippen LogP contribution in [0.3, 0.4) is 0 Å². The van der Waals surface area contributed by atoms with Crippen LogP contribution < -0.4 is 11.1 Å². The van der Waals surface area contributed by atoms with Gasteiger partial charge in [0.2, 0.25) is 11.8 Å². The van der Waals surface area contributed by atoms with Gasteiger partial charge in [-0.05, 0) is 32.9 Å². The van der Waals surface area contributed by atoms with Crippen LogP contribution in [0.1, 0.15) is 26.2 Å². The Balaban J connectivity index is 2.65. The highest BCUT2D eigenvalue weighted by Crippen LogP contribution is 2.35. The van der Waals surface area contributed by atoms with Crippen LogP contribution in [0.4, 0.5) is 0 Å². The molecule has 2 atom stereocenters. The Morgan fingerprint density at radius 3 is 2.61 bits per heavy atom. The van der Waals surface area contributed by atoms with Gasteiger partial charge >= 0.3 is 0 Å². The number of hydrogen-bond acceptors (Lipinski definition) is 3. The molecule has 1 rings (SSSR count). The summed E-state index contributed by atoms with van der Waals surface area (Å²) in [6.07, 6.45) is 5.71. The maximum absolute atomic E-state index is 11.8. The maximum Gasteiger partial charge on any atom is 0.244 e. The van der Waals surface area contributed by atoms with E-state index in [1.807, 2.05) is 25.9 Å². The number of carbonyl (C=O) groups is 2. The third-order valence-electron chi connectivity index (χ3n) is 3.58. The molecule has 18 heavy (non-hydrogen) atoms. The summed E-state index contributed by atoms with van der Waals surface area (Å²) >= 11 is 0. The number of nitrogens with zero attached hydrogens (tertiary/aromatic N) is 1. The minimum atomic E-state index is -0.862. The molecule has 1 aliphatic rings. The first-order chi connectivity index (χ1) is 8.38. The van der Waals surface area contributed by atoms with Gasteiger partial charge in [-0.3, -0.25) is 9.59 Å². The van der Waals surface area contributed by atoms with Crippen molar-refractivity contribution in [1.82, 2.24) is 10.2 Å². The van der Waals surface area contributed by atoms with Gasteiger partial charge in [0.05, 0.1) is 0 Å². The van der Waals surface area contributed by atoms with Crippen molar-refractivity contribution in [2.75, 3.05) is 20.6 Å². The molecule has 1 saturated carbocycles. The zero-order valence-corrected chi connectivity index (χ0v) is 11.4. The fourth-order valence-electron chi connectivity index (χ4n) is 2.43. The Kier molecular flexibility index (Phi) is 4.90. The molecule has 1 fully saturated rings. The molecule has 5 nitrogen and oxygen atoms in total. The molecule has 3 N–H and O–H groups in total. The first kappa shape index (κ1) is 14.7. The minimum absolute atomic E-state index is 0.0983. The second kappa shape index (κ2) is 6.00. The number of hydrogen-bond donors (Lipinski definition) is 2. The van der Waals surface area contributed by atoms with Gasteiger partial charge in [0, 0.05) is 12.6 Å². The fraction of sp³-hybridized carbons (Fsp3) is 0.692. The Hall–Kier alpha value is -1.36. The number of amides is 2. The van der Waals surface area contributed by atoms with Crippen LogP contribution in [0.2, 0.25) is 0 Å². The highest BCUT2D eigenvalue weighted by atomic mass is 16.2. The van der Waals surface area contributed by atoms with Crippen molar-refractivity contribution in [2.45, 2.75) is 31.7 Å². The molecule has 0 aromatic heterocycles. The van der Waals surface area contributed by atoms with E-state index in [-0.39, 0.29) is 11.8 Å². The Morgan fingerprint density at radius 2 is 2.17 bits per heavy atom. The third-order valence-corrected chi connectivity index (χ3v) is 3.58. The van der Waals surface area contributed by atoms with Gasteiger partial charge in [-0.2, -0.15) is 0 Å². The SMILES string of the molecule is CC1CCCC1(NC(=O)/C=C/CN(C)C)C(N)=O.